The minimum Gasteiger partial charge on any atom is -0.389 e. The Labute approximate surface area is 109 Å². The Morgan fingerprint density at radius 3 is 2.42 bits per heavy atom. The van der Waals surface area contributed by atoms with Crippen molar-refractivity contribution < 1.29 is 20.2 Å². The van der Waals surface area contributed by atoms with Crippen LogP contribution in [0.15, 0.2) is 18.2 Å². The van der Waals surface area contributed by atoms with E-state index in [0.717, 1.165) is 0 Å². The summed E-state index contributed by atoms with van der Waals surface area (Å²) in [7, 11) is 0. The number of hydrogen-bond donors (Lipinski definition) is 3. The number of nitro groups is 1. The van der Waals surface area contributed by atoms with Crippen molar-refractivity contribution in [2.24, 2.45) is 0 Å². The Kier molecular flexibility index (Phi) is 3.70. The van der Waals surface area contributed by atoms with Gasteiger partial charge in [-0.25, -0.2) is 0 Å². The third-order valence-corrected chi connectivity index (χ3v) is 3.28. The molecule has 1 aromatic carbocycles. The van der Waals surface area contributed by atoms with Crippen molar-refractivity contribution in [3.63, 3.8) is 0 Å². The lowest BCUT2D eigenvalue weighted by Gasteiger charge is -2.18. The fraction of sp³-hybridized carbons (Fsp3) is 0.500. The van der Waals surface area contributed by atoms with Crippen molar-refractivity contribution in [1.29, 1.82) is 0 Å². The van der Waals surface area contributed by atoms with Crippen LogP contribution < -0.4 is 4.90 Å². The number of aliphatic hydroxyl groups excluding tert-OH is 3. The lowest BCUT2D eigenvalue weighted by Crippen LogP contribution is -2.22. The monoisotopic (exact) mass is 268 g/mol. The maximum atomic E-state index is 11.1. The van der Waals surface area contributed by atoms with Gasteiger partial charge in [0.05, 0.1) is 23.2 Å². The molecule has 1 heterocycles. The van der Waals surface area contributed by atoms with E-state index in [9.17, 15) is 25.4 Å². The Morgan fingerprint density at radius 2 is 1.95 bits per heavy atom. The van der Waals surface area contributed by atoms with E-state index in [1.54, 1.807) is 11.0 Å². The van der Waals surface area contributed by atoms with Crippen LogP contribution in [-0.2, 0) is 0 Å². The molecule has 104 valence electrons. The molecule has 2 rings (SSSR count). The molecule has 1 aromatic rings. The summed E-state index contributed by atoms with van der Waals surface area (Å²) < 4.78 is 0. The van der Waals surface area contributed by atoms with E-state index in [1.165, 1.54) is 19.1 Å². The van der Waals surface area contributed by atoms with Gasteiger partial charge in [0.25, 0.3) is 5.69 Å². The molecular formula is C12H16N2O5. The molecule has 3 unspecified atom stereocenters. The number of benzene rings is 1. The largest absolute Gasteiger partial charge is 0.389 e. The SMILES string of the molecule is CC(O)c1ccc(N2CC(O)C(O)C2)c([N+](=O)[O-])c1. The summed E-state index contributed by atoms with van der Waals surface area (Å²) in [5.74, 6) is 0. The average Bonchev–Trinajstić information content (AvgIpc) is 2.68. The van der Waals surface area contributed by atoms with Crippen LogP contribution in [0.4, 0.5) is 11.4 Å². The first-order chi connectivity index (χ1) is 8.90. The van der Waals surface area contributed by atoms with Gasteiger partial charge in [0.15, 0.2) is 0 Å². The molecule has 1 saturated heterocycles. The maximum Gasteiger partial charge on any atom is 0.292 e. The molecule has 7 heteroatoms. The van der Waals surface area contributed by atoms with Crippen LogP contribution in [0, 0.1) is 10.1 Å². The van der Waals surface area contributed by atoms with Crippen LogP contribution in [0.2, 0.25) is 0 Å². The number of nitrogens with zero attached hydrogens (tertiary/aromatic N) is 2. The summed E-state index contributed by atoms with van der Waals surface area (Å²) in [6, 6.07) is 4.45. The lowest BCUT2D eigenvalue weighted by atomic mass is 10.1. The Hall–Kier alpha value is -1.70. The fourth-order valence-electron chi connectivity index (χ4n) is 2.18. The lowest BCUT2D eigenvalue weighted by molar-refractivity contribution is -0.384. The quantitative estimate of drug-likeness (QED) is 0.533. The van der Waals surface area contributed by atoms with Gasteiger partial charge in [0.2, 0.25) is 0 Å². The summed E-state index contributed by atoms with van der Waals surface area (Å²) in [4.78, 5) is 12.1. The number of nitro benzene ring substituents is 1. The highest BCUT2D eigenvalue weighted by Crippen LogP contribution is 2.33. The number of β-amino-alcohol motifs (C(OH)–C–C–N with tert-alkyl or cyclic N) is 2. The van der Waals surface area contributed by atoms with E-state index >= 15 is 0 Å². The Morgan fingerprint density at radius 1 is 1.37 bits per heavy atom. The van der Waals surface area contributed by atoms with Gasteiger partial charge in [-0.2, -0.15) is 0 Å². The number of anilines is 1. The summed E-state index contributed by atoms with van der Waals surface area (Å²) in [6.07, 6.45) is -2.60. The first-order valence-electron chi connectivity index (χ1n) is 5.97. The van der Waals surface area contributed by atoms with Crippen molar-refractivity contribution in [3.05, 3.63) is 33.9 Å². The van der Waals surface area contributed by atoms with Crippen LogP contribution in [-0.4, -0.2) is 45.5 Å². The summed E-state index contributed by atoms with van der Waals surface area (Å²) >= 11 is 0. The van der Waals surface area contributed by atoms with E-state index in [4.69, 9.17) is 0 Å². The van der Waals surface area contributed by atoms with Gasteiger partial charge in [-0.15, -0.1) is 0 Å². The third kappa shape index (κ3) is 2.67. The zero-order valence-electron chi connectivity index (χ0n) is 10.4. The molecular weight excluding hydrogens is 252 g/mol. The Balaban J connectivity index is 2.38. The van der Waals surface area contributed by atoms with Gasteiger partial charge in [-0.05, 0) is 18.6 Å². The molecule has 1 fully saturated rings. The van der Waals surface area contributed by atoms with Gasteiger partial charge in [-0.1, -0.05) is 6.07 Å². The normalized spacial score (nSPS) is 24.5. The molecule has 0 amide bonds. The smallest absolute Gasteiger partial charge is 0.292 e. The number of aliphatic hydroxyl groups is 3. The van der Waals surface area contributed by atoms with E-state index in [0.29, 0.717) is 11.3 Å². The molecule has 0 saturated carbocycles. The van der Waals surface area contributed by atoms with Crippen LogP contribution in [0.5, 0.6) is 0 Å². The van der Waals surface area contributed by atoms with E-state index in [1.807, 2.05) is 0 Å². The zero-order chi connectivity index (χ0) is 14.2. The highest BCUT2D eigenvalue weighted by atomic mass is 16.6. The highest BCUT2D eigenvalue weighted by Gasteiger charge is 2.33. The first kappa shape index (κ1) is 13.7. The van der Waals surface area contributed by atoms with Gasteiger partial charge in [-0.3, -0.25) is 10.1 Å². The van der Waals surface area contributed by atoms with Crippen molar-refractivity contribution in [1.82, 2.24) is 0 Å². The number of rotatable bonds is 3. The molecule has 0 radical (unpaired) electrons. The molecule has 0 spiro atoms. The second kappa shape index (κ2) is 5.12. The summed E-state index contributed by atoms with van der Waals surface area (Å²) in [6.45, 7) is 1.83. The van der Waals surface area contributed by atoms with Crippen LogP contribution in [0.3, 0.4) is 0 Å². The average molecular weight is 268 g/mol. The molecule has 7 nitrogen and oxygen atoms in total. The van der Waals surface area contributed by atoms with Crippen LogP contribution in [0.1, 0.15) is 18.6 Å². The maximum absolute atomic E-state index is 11.1. The van der Waals surface area contributed by atoms with E-state index < -0.39 is 23.2 Å². The fourth-order valence-corrected chi connectivity index (χ4v) is 2.18. The molecule has 19 heavy (non-hydrogen) atoms. The molecule has 3 N–H and O–H groups in total. The van der Waals surface area contributed by atoms with Crippen molar-refractivity contribution in [2.75, 3.05) is 18.0 Å². The molecule has 1 aliphatic heterocycles. The zero-order valence-corrected chi connectivity index (χ0v) is 10.4. The Bertz CT molecular complexity index is 481. The number of hydrogen-bond acceptors (Lipinski definition) is 6. The predicted octanol–water partition coefficient (Wildman–Crippen LogP) is 0.190. The summed E-state index contributed by atoms with van der Waals surface area (Å²) in [5.41, 5.74) is 0.653. The molecule has 0 aromatic heterocycles. The molecule has 0 aliphatic carbocycles. The van der Waals surface area contributed by atoms with Crippen molar-refractivity contribution in [2.45, 2.75) is 25.2 Å². The van der Waals surface area contributed by atoms with Crippen molar-refractivity contribution in [3.8, 4) is 0 Å². The van der Waals surface area contributed by atoms with E-state index in [-0.39, 0.29) is 18.8 Å². The van der Waals surface area contributed by atoms with Gasteiger partial charge in [0.1, 0.15) is 5.69 Å². The third-order valence-electron chi connectivity index (χ3n) is 3.28. The van der Waals surface area contributed by atoms with Crippen molar-refractivity contribution >= 4 is 11.4 Å². The predicted molar refractivity (Wildman–Crippen MR) is 68.0 cm³/mol. The standard InChI is InChI=1S/C12H16N2O5/c1-7(15)8-2-3-9(10(4-8)14(18)19)13-5-11(16)12(17)6-13/h2-4,7,11-12,15-17H,5-6H2,1H3. The first-order valence-corrected chi connectivity index (χ1v) is 5.97. The minimum atomic E-state index is -0.906. The van der Waals surface area contributed by atoms with Crippen LogP contribution >= 0.6 is 0 Å². The second-order valence-corrected chi connectivity index (χ2v) is 4.72. The molecule has 3 atom stereocenters. The van der Waals surface area contributed by atoms with E-state index in [2.05, 4.69) is 0 Å². The second-order valence-electron chi connectivity index (χ2n) is 4.72. The highest BCUT2D eigenvalue weighted by molar-refractivity contribution is 5.65. The topological polar surface area (TPSA) is 107 Å². The van der Waals surface area contributed by atoms with Gasteiger partial charge < -0.3 is 20.2 Å². The minimum absolute atomic E-state index is 0.139. The van der Waals surface area contributed by atoms with Crippen LogP contribution in [0.25, 0.3) is 0 Å². The molecule has 1 aliphatic rings. The van der Waals surface area contributed by atoms with Gasteiger partial charge >= 0.3 is 0 Å². The van der Waals surface area contributed by atoms with Gasteiger partial charge in [0, 0.05) is 19.2 Å². The molecule has 0 bridgehead atoms. The summed E-state index contributed by atoms with van der Waals surface area (Å²) in [5, 5.41) is 39.5.